The Morgan fingerprint density at radius 3 is 2.46 bits per heavy atom. The molecule has 0 aromatic heterocycles. The van der Waals surface area contributed by atoms with Gasteiger partial charge >= 0.3 is 0 Å². The van der Waals surface area contributed by atoms with Gasteiger partial charge in [-0.25, -0.2) is 13.1 Å². The molecule has 2 N–H and O–H groups in total. The molecule has 2 rings (SSSR count). The van der Waals surface area contributed by atoms with E-state index in [2.05, 4.69) is 10.0 Å². The Bertz CT molecular complexity index is 866. The van der Waals surface area contributed by atoms with Gasteiger partial charge in [0, 0.05) is 26.6 Å². The molecule has 7 nitrogen and oxygen atoms in total. The number of hydrogen-bond acceptors (Lipinski definition) is 5. The third-order valence-corrected chi connectivity index (χ3v) is 5.36. The van der Waals surface area contributed by atoms with Gasteiger partial charge in [0.2, 0.25) is 15.9 Å². The quantitative estimate of drug-likeness (QED) is 0.597. The molecule has 0 aliphatic rings. The molecule has 0 aliphatic heterocycles. The first-order valence-electron chi connectivity index (χ1n) is 9.00. The largest absolute Gasteiger partial charge is 0.494 e. The van der Waals surface area contributed by atoms with Gasteiger partial charge in [0.25, 0.3) is 0 Å². The minimum Gasteiger partial charge on any atom is -0.494 e. The molecule has 2 aromatic carbocycles. The highest BCUT2D eigenvalue weighted by atomic mass is 32.2. The Morgan fingerprint density at radius 1 is 1.07 bits per heavy atom. The van der Waals surface area contributed by atoms with Crippen LogP contribution in [0.3, 0.4) is 0 Å². The van der Waals surface area contributed by atoms with E-state index < -0.39 is 10.0 Å². The second-order valence-corrected chi connectivity index (χ2v) is 7.85. The average molecular weight is 407 g/mol. The fourth-order valence-electron chi connectivity index (χ4n) is 2.55. The molecule has 0 radical (unpaired) electrons. The molecule has 8 heteroatoms. The number of nitrogens with one attached hydrogen (secondary N) is 2. The minimum atomic E-state index is -3.67. The topological polar surface area (TPSA) is 93.7 Å². The second kappa shape index (κ2) is 10.8. The summed E-state index contributed by atoms with van der Waals surface area (Å²) in [6.07, 6.45) is 0.0496. The molecule has 0 bridgehead atoms. The van der Waals surface area contributed by atoms with Crippen LogP contribution in [0.2, 0.25) is 0 Å². The van der Waals surface area contributed by atoms with Crippen molar-refractivity contribution in [2.75, 3.05) is 20.3 Å². The first-order valence-corrected chi connectivity index (χ1v) is 10.5. The molecule has 0 unspecified atom stereocenters. The number of sulfonamides is 1. The lowest BCUT2D eigenvalue weighted by Gasteiger charge is -2.09. The van der Waals surface area contributed by atoms with E-state index in [0.717, 1.165) is 11.1 Å². The summed E-state index contributed by atoms with van der Waals surface area (Å²) in [4.78, 5) is 12.1. The van der Waals surface area contributed by atoms with Crippen molar-refractivity contribution in [2.45, 2.75) is 31.4 Å². The van der Waals surface area contributed by atoms with Crippen LogP contribution in [0, 0.1) is 0 Å². The van der Waals surface area contributed by atoms with E-state index in [1.807, 2.05) is 31.2 Å². The van der Waals surface area contributed by atoms with Gasteiger partial charge in [-0.05, 0) is 42.3 Å². The lowest BCUT2D eigenvalue weighted by Crippen LogP contribution is -2.30. The Morgan fingerprint density at radius 2 is 1.79 bits per heavy atom. The summed E-state index contributed by atoms with van der Waals surface area (Å²) < 4.78 is 37.4. The maximum atomic E-state index is 12.3. The van der Waals surface area contributed by atoms with Crippen molar-refractivity contribution in [3.63, 3.8) is 0 Å². The molecule has 0 saturated carbocycles. The lowest BCUT2D eigenvalue weighted by molar-refractivity contribution is -0.121. The van der Waals surface area contributed by atoms with Gasteiger partial charge in [0.15, 0.2) is 0 Å². The summed E-state index contributed by atoms with van der Waals surface area (Å²) in [6, 6.07) is 13.9. The molecule has 0 saturated heterocycles. The predicted octanol–water partition coefficient (Wildman–Crippen LogP) is 2.22. The maximum absolute atomic E-state index is 12.3. The number of amides is 1. The van der Waals surface area contributed by atoms with E-state index in [1.54, 1.807) is 19.2 Å². The van der Waals surface area contributed by atoms with Gasteiger partial charge in [0.1, 0.15) is 5.75 Å². The van der Waals surface area contributed by atoms with E-state index in [1.165, 1.54) is 12.1 Å². The average Bonchev–Trinajstić information content (AvgIpc) is 2.68. The van der Waals surface area contributed by atoms with Gasteiger partial charge in [-0.1, -0.05) is 24.3 Å². The molecule has 0 aliphatic carbocycles. The van der Waals surface area contributed by atoms with Crippen molar-refractivity contribution in [1.82, 2.24) is 10.0 Å². The zero-order valence-electron chi connectivity index (χ0n) is 16.1. The van der Waals surface area contributed by atoms with Gasteiger partial charge in [0.05, 0.1) is 18.1 Å². The minimum absolute atomic E-state index is 0.0189. The van der Waals surface area contributed by atoms with Crippen molar-refractivity contribution < 1.29 is 22.7 Å². The molecule has 0 spiro atoms. The third kappa shape index (κ3) is 6.95. The number of carbonyl (C=O) groups is 1. The molecule has 2 aromatic rings. The van der Waals surface area contributed by atoms with Crippen molar-refractivity contribution in [2.24, 2.45) is 0 Å². The summed E-state index contributed by atoms with van der Waals surface area (Å²) in [5, 5.41) is 2.78. The van der Waals surface area contributed by atoms with E-state index in [0.29, 0.717) is 25.5 Å². The SMILES string of the molecule is CCOc1ccc(S(=O)(=O)NCCC(=O)NCc2cccc(COC)c2)cc1. The molecule has 0 atom stereocenters. The van der Waals surface area contributed by atoms with Crippen molar-refractivity contribution in [3.8, 4) is 5.75 Å². The highest BCUT2D eigenvalue weighted by Gasteiger charge is 2.14. The van der Waals surface area contributed by atoms with Gasteiger partial charge in [-0.3, -0.25) is 4.79 Å². The first kappa shape index (κ1) is 21.9. The van der Waals surface area contributed by atoms with Crippen molar-refractivity contribution in [3.05, 3.63) is 59.7 Å². The number of hydrogen-bond donors (Lipinski definition) is 2. The van der Waals surface area contributed by atoms with Crippen LogP contribution in [0.1, 0.15) is 24.5 Å². The van der Waals surface area contributed by atoms with Crippen LogP contribution in [0.5, 0.6) is 5.75 Å². The number of rotatable bonds is 11. The predicted molar refractivity (Wildman–Crippen MR) is 106 cm³/mol. The van der Waals surface area contributed by atoms with E-state index in [-0.39, 0.29) is 23.8 Å². The Balaban J connectivity index is 1.78. The number of carbonyl (C=O) groups excluding carboxylic acids is 1. The number of methoxy groups -OCH3 is 1. The first-order chi connectivity index (χ1) is 13.4. The van der Waals surface area contributed by atoms with E-state index in [9.17, 15) is 13.2 Å². The summed E-state index contributed by atoms with van der Waals surface area (Å²) in [6.45, 7) is 3.27. The maximum Gasteiger partial charge on any atom is 0.240 e. The van der Waals surface area contributed by atoms with E-state index in [4.69, 9.17) is 9.47 Å². The zero-order chi connectivity index (χ0) is 20.4. The normalized spacial score (nSPS) is 11.2. The molecular formula is C20H26N2O5S. The van der Waals surface area contributed by atoms with Gasteiger partial charge < -0.3 is 14.8 Å². The van der Waals surface area contributed by atoms with Crippen LogP contribution < -0.4 is 14.8 Å². The number of benzene rings is 2. The Hall–Kier alpha value is -2.42. The zero-order valence-corrected chi connectivity index (χ0v) is 16.9. The molecule has 0 heterocycles. The molecule has 152 valence electrons. The van der Waals surface area contributed by atoms with Gasteiger partial charge in [-0.15, -0.1) is 0 Å². The van der Waals surface area contributed by atoms with Crippen molar-refractivity contribution in [1.29, 1.82) is 0 Å². The van der Waals surface area contributed by atoms with Crippen LogP contribution in [0.15, 0.2) is 53.4 Å². The highest BCUT2D eigenvalue weighted by molar-refractivity contribution is 7.89. The monoisotopic (exact) mass is 406 g/mol. The summed E-state index contributed by atoms with van der Waals surface area (Å²) >= 11 is 0. The lowest BCUT2D eigenvalue weighted by atomic mass is 10.1. The molecule has 28 heavy (non-hydrogen) atoms. The Labute approximate surface area is 166 Å². The fraction of sp³-hybridized carbons (Fsp3) is 0.350. The Kier molecular flexibility index (Phi) is 8.43. The summed E-state index contributed by atoms with van der Waals surface area (Å²) in [7, 11) is -2.04. The van der Waals surface area contributed by atoms with Crippen LogP contribution in [-0.4, -0.2) is 34.6 Å². The van der Waals surface area contributed by atoms with Crippen LogP contribution >= 0.6 is 0 Å². The second-order valence-electron chi connectivity index (χ2n) is 6.08. The summed E-state index contributed by atoms with van der Waals surface area (Å²) in [5.74, 6) is 0.377. The highest BCUT2D eigenvalue weighted by Crippen LogP contribution is 2.15. The van der Waals surface area contributed by atoms with Crippen molar-refractivity contribution >= 4 is 15.9 Å². The molecule has 1 amide bonds. The van der Waals surface area contributed by atoms with Gasteiger partial charge in [-0.2, -0.15) is 0 Å². The molecule has 0 fully saturated rings. The van der Waals surface area contributed by atoms with Crippen LogP contribution in [0.25, 0.3) is 0 Å². The molecular weight excluding hydrogens is 380 g/mol. The third-order valence-electron chi connectivity index (χ3n) is 3.88. The van der Waals surface area contributed by atoms with E-state index >= 15 is 0 Å². The van der Waals surface area contributed by atoms with Crippen LogP contribution in [0.4, 0.5) is 0 Å². The number of ether oxygens (including phenoxy) is 2. The smallest absolute Gasteiger partial charge is 0.240 e. The fourth-order valence-corrected chi connectivity index (χ4v) is 3.58. The standard InChI is InChI=1S/C20H26N2O5S/c1-3-27-18-7-9-19(10-8-18)28(24,25)22-12-11-20(23)21-14-16-5-4-6-17(13-16)15-26-2/h4-10,13,22H,3,11-12,14-15H2,1-2H3,(H,21,23). The summed E-state index contributed by atoms with van der Waals surface area (Å²) in [5.41, 5.74) is 1.98. The van der Waals surface area contributed by atoms with Crippen LogP contribution in [-0.2, 0) is 32.7 Å².